The number of halogens is 1. The van der Waals surface area contributed by atoms with Gasteiger partial charge < -0.3 is 15.1 Å². The lowest BCUT2D eigenvalue weighted by atomic mass is 10.1. The van der Waals surface area contributed by atoms with Gasteiger partial charge in [0.1, 0.15) is 0 Å². The second kappa shape index (κ2) is 9.29. The molecule has 21 heavy (non-hydrogen) atoms. The van der Waals surface area contributed by atoms with E-state index in [0.29, 0.717) is 5.92 Å². The van der Waals surface area contributed by atoms with Crippen molar-refractivity contribution in [1.29, 1.82) is 0 Å². The number of nitrogens with one attached hydrogen (secondary N) is 1. The van der Waals surface area contributed by atoms with Gasteiger partial charge in [0, 0.05) is 30.8 Å². The van der Waals surface area contributed by atoms with Gasteiger partial charge in [0.2, 0.25) is 0 Å². The van der Waals surface area contributed by atoms with Crippen molar-refractivity contribution in [3.8, 4) is 0 Å². The van der Waals surface area contributed by atoms with Gasteiger partial charge in [-0.15, -0.1) is 0 Å². The molecule has 0 unspecified atom stereocenters. The van der Waals surface area contributed by atoms with Gasteiger partial charge in [-0.25, -0.2) is 0 Å². The molecule has 4 heteroatoms. The SMILES string of the molecule is CC(C)CNCc1ccc(Cl)cc1N(C)CCCN(C)C. The van der Waals surface area contributed by atoms with Gasteiger partial charge in [0.05, 0.1) is 0 Å². The monoisotopic (exact) mass is 311 g/mol. The minimum Gasteiger partial charge on any atom is -0.374 e. The van der Waals surface area contributed by atoms with Crippen LogP contribution in [0.3, 0.4) is 0 Å². The third kappa shape index (κ3) is 7.16. The molecule has 1 aromatic rings. The van der Waals surface area contributed by atoms with E-state index in [1.54, 1.807) is 0 Å². The molecule has 0 fully saturated rings. The zero-order valence-electron chi connectivity index (χ0n) is 14.1. The molecule has 3 nitrogen and oxygen atoms in total. The summed E-state index contributed by atoms with van der Waals surface area (Å²) in [4.78, 5) is 4.53. The predicted octanol–water partition coefficient (Wildman–Crippen LogP) is 3.47. The summed E-state index contributed by atoms with van der Waals surface area (Å²) in [6.45, 7) is 8.52. The van der Waals surface area contributed by atoms with Crippen molar-refractivity contribution < 1.29 is 0 Å². The minimum absolute atomic E-state index is 0.665. The highest BCUT2D eigenvalue weighted by atomic mass is 35.5. The average Bonchev–Trinajstić information content (AvgIpc) is 2.39. The molecular weight excluding hydrogens is 282 g/mol. The van der Waals surface area contributed by atoms with Crippen molar-refractivity contribution in [2.45, 2.75) is 26.8 Å². The van der Waals surface area contributed by atoms with E-state index in [9.17, 15) is 0 Å². The molecule has 0 aliphatic rings. The lowest BCUT2D eigenvalue weighted by molar-refractivity contribution is 0.401. The maximum atomic E-state index is 6.17. The molecule has 0 spiro atoms. The second-order valence-electron chi connectivity index (χ2n) is 6.38. The van der Waals surface area contributed by atoms with Crippen molar-refractivity contribution in [3.05, 3.63) is 28.8 Å². The number of nitrogens with zero attached hydrogens (tertiary/aromatic N) is 2. The second-order valence-corrected chi connectivity index (χ2v) is 6.81. The van der Waals surface area contributed by atoms with Gasteiger partial charge >= 0.3 is 0 Å². The fourth-order valence-corrected chi connectivity index (χ4v) is 2.45. The van der Waals surface area contributed by atoms with Crippen LogP contribution in [0, 0.1) is 5.92 Å². The highest BCUT2D eigenvalue weighted by Gasteiger charge is 2.09. The number of rotatable bonds is 9. The first-order valence-corrected chi connectivity index (χ1v) is 8.13. The Morgan fingerprint density at radius 3 is 2.48 bits per heavy atom. The molecule has 1 N–H and O–H groups in total. The summed E-state index contributed by atoms with van der Waals surface area (Å²) in [7, 11) is 6.37. The third-order valence-electron chi connectivity index (χ3n) is 3.43. The Morgan fingerprint density at radius 2 is 1.86 bits per heavy atom. The van der Waals surface area contributed by atoms with Crippen molar-refractivity contribution in [1.82, 2.24) is 10.2 Å². The Hall–Kier alpha value is -0.770. The molecule has 0 saturated heterocycles. The van der Waals surface area contributed by atoms with E-state index < -0.39 is 0 Å². The lowest BCUT2D eigenvalue weighted by Gasteiger charge is -2.24. The summed E-state index contributed by atoms with van der Waals surface area (Å²) in [5.41, 5.74) is 2.55. The van der Waals surface area contributed by atoms with Crippen LogP contribution in [0.15, 0.2) is 18.2 Å². The first kappa shape index (κ1) is 18.3. The van der Waals surface area contributed by atoms with Crippen LogP contribution in [-0.2, 0) is 6.54 Å². The fourth-order valence-electron chi connectivity index (χ4n) is 2.28. The highest BCUT2D eigenvalue weighted by molar-refractivity contribution is 6.30. The van der Waals surface area contributed by atoms with Crippen LogP contribution in [0.4, 0.5) is 5.69 Å². The standard InChI is InChI=1S/C17H30ClN3/c1-14(2)12-19-13-15-7-8-16(18)11-17(15)21(5)10-6-9-20(3)4/h7-8,11,14,19H,6,9-10,12-13H2,1-5H3. The van der Waals surface area contributed by atoms with Crippen molar-refractivity contribution in [3.63, 3.8) is 0 Å². The molecule has 0 heterocycles. The molecule has 0 aliphatic carbocycles. The van der Waals surface area contributed by atoms with Gasteiger partial charge in [-0.3, -0.25) is 0 Å². The summed E-state index contributed by atoms with van der Waals surface area (Å²) in [5, 5.41) is 4.32. The molecule has 0 aliphatic heterocycles. The first-order chi connectivity index (χ1) is 9.90. The first-order valence-electron chi connectivity index (χ1n) is 7.75. The van der Waals surface area contributed by atoms with E-state index in [4.69, 9.17) is 11.6 Å². The van der Waals surface area contributed by atoms with Gasteiger partial charge in [0.15, 0.2) is 0 Å². The Labute approximate surface area is 135 Å². The van der Waals surface area contributed by atoms with Gasteiger partial charge in [-0.2, -0.15) is 0 Å². The molecule has 0 atom stereocenters. The number of benzene rings is 1. The predicted molar refractivity (Wildman–Crippen MR) is 94.4 cm³/mol. The van der Waals surface area contributed by atoms with E-state index in [1.165, 1.54) is 11.3 Å². The van der Waals surface area contributed by atoms with Crippen LogP contribution in [0.1, 0.15) is 25.8 Å². The Morgan fingerprint density at radius 1 is 1.14 bits per heavy atom. The van der Waals surface area contributed by atoms with Crippen LogP contribution in [-0.4, -0.2) is 45.7 Å². The highest BCUT2D eigenvalue weighted by Crippen LogP contribution is 2.24. The molecule has 0 saturated carbocycles. The Bertz CT molecular complexity index is 418. The number of anilines is 1. The van der Waals surface area contributed by atoms with Gasteiger partial charge in [-0.1, -0.05) is 31.5 Å². The van der Waals surface area contributed by atoms with Crippen LogP contribution >= 0.6 is 11.6 Å². The zero-order chi connectivity index (χ0) is 15.8. The van der Waals surface area contributed by atoms with Crippen LogP contribution in [0.25, 0.3) is 0 Å². The minimum atomic E-state index is 0.665. The molecule has 0 radical (unpaired) electrons. The normalized spacial score (nSPS) is 11.4. The summed E-state index contributed by atoms with van der Waals surface area (Å²) in [6, 6.07) is 6.18. The Kier molecular flexibility index (Phi) is 8.09. The summed E-state index contributed by atoms with van der Waals surface area (Å²) in [5.74, 6) is 0.665. The smallest absolute Gasteiger partial charge is 0.0426 e. The van der Waals surface area contributed by atoms with E-state index in [0.717, 1.165) is 37.6 Å². The molecule has 0 amide bonds. The van der Waals surface area contributed by atoms with Crippen molar-refractivity contribution in [2.24, 2.45) is 5.92 Å². The molecule has 1 rings (SSSR count). The summed E-state index contributed by atoms with van der Waals surface area (Å²) in [6.07, 6.45) is 1.15. The third-order valence-corrected chi connectivity index (χ3v) is 3.66. The molecule has 0 aromatic heterocycles. The maximum absolute atomic E-state index is 6.17. The molecule has 120 valence electrons. The van der Waals surface area contributed by atoms with E-state index in [-0.39, 0.29) is 0 Å². The van der Waals surface area contributed by atoms with Gasteiger partial charge in [-0.05, 0) is 57.2 Å². The van der Waals surface area contributed by atoms with Crippen LogP contribution in [0.2, 0.25) is 5.02 Å². The van der Waals surface area contributed by atoms with Gasteiger partial charge in [0.25, 0.3) is 0 Å². The van der Waals surface area contributed by atoms with E-state index in [2.05, 4.69) is 62.2 Å². The maximum Gasteiger partial charge on any atom is 0.0426 e. The molecule has 1 aromatic carbocycles. The summed E-state index contributed by atoms with van der Waals surface area (Å²) >= 11 is 6.17. The average molecular weight is 312 g/mol. The Balaban J connectivity index is 2.66. The molecular formula is C17H30ClN3. The van der Waals surface area contributed by atoms with Crippen LogP contribution in [0.5, 0.6) is 0 Å². The van der Waals surface area contributed by atoms with Crippen molar-refractivity contribution >= 4 is 17.3 Å². The fraction of sp³-hybridized carbons (Fsp3) is 0.647. The quantitative estimate of drug-likeness (QED) is 0.753. The molecule has 0 bridgehead atoms. The lowest BCUT2D eigenvalue weighted by Crippen LogP contribution is -2.26. The van der Waals surface area contributed by atoms with E-state index >= 15 is 0 Å². The van der Waals surface area contributed by atoms with Crippen LogP contribution < -0.4 is 10.2 Å². The topological polar surface area (TPSA) is 18.5 Å². The van der Waals surface area contributed by atoms with Crippen molar-refractivity contribution in [2.75, 3.05) is 45.7 Å². The largest absolute Gasteiger partial charge is 0.374 e. The summed E-state index contributed by atoms with van der Waals surface area (Å²) < 4.78 is 0. The number of hydrogen-bond acceptors (Lipinski definition) is 3. The number of hydrogen-bond donors (Lipinski definition) is 1. The van der Waals surface area contributed by atoms with E-state index in [1.807, 2.05) is 6.07 Å². The zero-order valence-corrected chi connectivity index (χ0v) is 14.9.